The molecular weight excluding hydrogens is 379 g/mol. The summed E-state index contributed by atoms with van der Waals surface area (Å²) < 4.78 is 37.8. The number of fused-ring (bicyclic) bond motifs is 1. The van der Waals surface area contributed by atoms with E-state index in [0.29, 0.717) is 23.9 Å². The number of aliphatic imine (C=N–C) groups is 1. The fourth-order valence-electron chi connectivity index (χ4n) is 2.81. The number of nitrogens with zero attached hydrogens (tertiary/aromatic N) is 2. The van der Waals surface area contributed by atoms with Crippen molar-refractivity contribution in [3.8, 4) is 0 Å². The zero-order valence-corrected chi connectivity index (χ0v) is 15.2. The van der Waals surface area contributed by atoms with Gasteiger partial charge in [0.2, 0.25) is 5.91 Å². The summed E-state index contributed by atoms with van der Waals surface area (Å²) in [6.45, 7) is 0.595. The van der Waals surface area contributed by atoms with E-state index in [-0.39, 0.29) is 18.4 Å². The third-order valence-electron chi connectivity index (χ3n) is 4.10. The van der Waals surface area contributed by atoms with Crippen molar-refractivity contribution in [3.63, 3.8) is 0 Å². The molecule has 1 aliphatic rings. The van der Waals surface area contributed by atoms with Crippen LogP contribution in [0.1, 0.15) is 28.6 Å². The fraction of sp³-hybridized carbons (Fsp3) is 0.353. The van der Waals surface area contributed by atoms with Crippen molar-refractivity contribution in [3.05, 3.63) is 45.9 Å². The molecule has 2 aromatic rings. The van der Waals surface area contributed by atoms with Gasteiger partial charge in [0.15, 0.2) is 11.7 Å². The molecule has 0 aliphatic carbocycles. The minimum Gasteiger partial charge on any atom is -0.356 e. The largest absolute Gasteiger partial charge is 0.434 e. The molecule has 1 unspecified atom stereocenters. The highest BCUT2D eigenvalue weighted by Gasteiger charge is 2.33. The number of thiazole rings is 1. The maximum absolute atomic E-state index is 12.6. The number of amides is 1. The van der Waals surface area contributed by atoms with E-state index < -0.39 is 11.9 Å². The Kier molecular flexibility index (Phi) is 5.64. The van der Waals surface area contributed by atoms with Crippen LogP contribution in [0, 0.1) is 0 Å². The van der Waals surface area contributed by atoms with Gasteiger partial charge in [-0.3, -0.25) is 9.79 Å². The number of alkyl halides is 3. The van der Waals surface area contributed by atoms with E-state index in [0.717, 1.165) is 28.0 Å². The minimum atomic E-state index is -4.44. The molecule has 1 amide bonds. The number of halogens is 3. The number of carbonyl (C=O) groups excluding carboxylic acids is 1. The molecule has 1 aliphatic heterocycles. The number of benzene rings is 1. The van der Waals surface area contributed by atoms with E-state index in [1.807, 2.05) is 24.3 Å². The third-order valence-corrected chi connectivity index (χ3v) is 4.94. The van der Waals surface area contributed by atoms with Gasteiger partial charge in [0.1, 0.15) is 5.01 Å². The highest BCUT2D eigenvalue weighted by Crippen LogP contribution is 2.31. The second-order valence-electron chi connectivity index (χ2n) is 5.97. The summed E-state index contributed by atoms with van der Waals surface area (Å²) in [5.41, 5.74) is 0.942. The second kappa shape index (κ2) is 7.95. The van der Waals surface area contributed by atoms with Gasteiger partial charge in [-0.1, -0.05) is 18.2 Å². The van der Waals surface area contributed by atoms with E-state index in [4.69, 9.17) is 0 Å². The number of anilines is 1. The fourth-order valence-corrected chi connectivity index (χ4v) is 3.55. The molecule has 0 bridgehead atoms. The van der Waals surface area contributed by atoms with Crippen molar-refractivity contribution < 1.29 is 18.0 Å². The smallest absolute Gasteiger partial charge is 0.356 e. The van der Waals surface area contributed by atoms with Gasteiger partial charge in [-0.25, -0.2) is 4.98 Å². The van der Waals surface area contributed by atoms with Gasteiger partial charge in [-0.15, -0.1) is 11.3 Å². The predicted octanol–water partition coefficient (Wildman–Crippen LogP) is 2.95. The Balaban J connectivity index is 1.57. The summed E-state index contributed by atoms with van der Waals surface area (Å²) in [5, 5.41) is 10.2. The molecule has 144 valence electrons. The van der Waals surface area contributed by atoms with E-state index in [9.17, 15) is 18.0 Å². The van der Waals surface area contributed by atoms with Gasteiger partial charge < -0.3 is 16.0 Å². The zero-order valence-electron chi connectivity index (χ0n) is 14.4. The number of guanidine groups is 1. The van der Waals surface area contributed by atoms with Gasteiger partial charge in [0.05, 0.1) is 6.54 Å². The van der Waals surface area contributed by atoms with Gasteiger partial charge in [0, 0.05) is 37.0 Å². The van der Waals surface area contributed by atoms with Crippen LogP contribution in [0.2, 0.25) is 0 Å². The number of nitrogens with one attached hydrogen (secondary N) is 3. The topological polar surface area (TPSA) is 78.4 Å². The number of hydrogen-bond donors (Lipinski definition) is 3. The zero-order chi connectivity index (χ0) is 19.4. The Bertz CT molecular complexity index is 849. The Morgan fingerprint density at radius 3 is 2.85 bits per heavy atom. The Labute approximate surface area is 157 Å². The van der Waals surface area contributed by atoms with E-state index in [1.165, 1.54) is 0 Å². The number of hydrogen-bond acceptors (Lipinski definition) is 4. The first-order valence-electron chi connectivity index (χ1n) is 8.21. The molecule has 27 heavy (non-hydrogen) atoms. The molecule has 2 heterocycles. The average Bonchev–Trinajstić information content (AvgIpc) is 3.11. The molecule has 6 nitrogen and oxygen atoms in total. The molecule has 1 aromatic carbocycles. The molecule has 3 rings (SSSR count). The molecule has 1 atom stereocenters. The van der Waals surface area contributed by atoms with Gasteiger partial charge in [-0.05, 0) is 11.6 Å². The number of carbonyl (C=O) groups is 1. The van der Waals surface area contributed by atoms with Crippen LogP contribution >= 0.6 is 11.3 Å². The molecule has 1 aromatic heterocycles. The summed E-state index contributed by atoms with van der Waals surface area (Å²) in [6, 6.07) is 7.59. The number of aromatic nitrogens is 1. The Morgan fingerprint density at radius 2 is 2.15 bits per heavy atom. The van der Waals surface area contributed by atoms with E-state index >= 15 is 0 Å². The minimum absolute atomic E-state index is 0.0230. The van der Waals surface area contributed by atoms with Crippen molar-refractivity contribution in [2.45, 2.75) is 25.1 Å². The van der Waals surface area contributed by atoms with Crippen LogP contribution < -0.4 is 16.0 Å². The quantitative estimate of drug-likeness (QED) is 0.548. The second-order valence-corrected chi connectivity index (χ2v) is 6.91. The lowest BCUT2D eigenvalue weighted by atomic mass is 9.90. The van der Waals surface area contributed by atoms with Crippen molar-refractivity contribution in [2.75, 3.05) is 18.9 Å². The normalized spacial score (nSPS) is 17.3. The molecule has 0 saturated carbocycles. The summed E-state index contributed by atoms with van der Waals surface area (Å²) in [4.78, 5) is 19.5. The molecule has 0 saturated heterocycles. The Hall–Kier alpha value is -2.62. The summed E-state index contributed by atoms with van der Waals surface area (Å²) in [5.74, 6) is 0.360. The van der Waals surface area contributed by atoms with Crippen molar-refractivity contribution in [1.29, 1.82) is 0 Å². The molecule has 0 fully saturated rings. The van der Waals surface area contributed by atoms with Gasteiger partial charge >= 0.3 is 6.18 Å². The lowest BCUT2D eigenvalue weighted by molar-refractivity contribution is -0.140. The highest BCUT2D eigenvalue weighted by molar-refractivity contribution is 7.09. The average molecular weight is 397 g/mol. The van der Waals surface area contributed by atoms with Crippen molar-refractivity contribution in [2.24, 2.45) is 4.99 Å². The van der Waals surface area contributed by atoms with Crippen LogP contribution in [-0.2, 0) is 17.5 Å². The predicted molar refractivity (Wildman–Crippen MR) is 97.7 cm³/mol. The SMILES string of the molecule is CN=C(NCc1nc(C(F)(F)F)cs1)NCC1CC(=O)Nc2ccccc21. The summed E-state index contributed by atoms with van der Waals surface area (Å²) >= 11 is 0.937. The van der Waals surface area contributed by atoms with Crippen LogP contribution in [-0.4, -0.2) is 30.4 Å². The van der Waals surface area contributed by atoms with Crippen molar-refractivity contribution in [1.82, 2.24) is 15.6 Å². The monoisotopic (exact) mass is 397 g/mol. The lowest BCUT2D eigenvalue weighted by Crippen LogP contribution is -2.40. The maximum Gasteiger partial charge on any atom is 0.434 e. The first-order valence-corrected chi connectivity index (χ1v) is 9.09. The third kappa shape index (κ3) is 4.76. The van der Waals surface area contributed by atoms with E-state index in [1.54, 1.807) is 7.05 Å². The van der Waals surface area contributed by atoms with Crippen molar-refractivity contribution >= 4 is 28.9 Å². The van der Waals surface area contributed by atoms with Gasteiger partial charge in [0.25, 0.3) is 0 Å². The van der Waals surface area contributed by atoms with Crippen LogP contribution in [0.4, 0.5) is 18.9 Å². The van der Waals surface area contributed by atoms with Crippen LogP contribution in [0.25, 0.3) is 0 Å². The van der Waals surface area contributed by atoms with Gasteiger partial charge in [-0.2, -0.15) is 13.2 Å². The number of para-hydroxylation sites is 1. The lowest BCUT2D eigenvalue weighted by Gasteiger charge is -2.26. The first-order chi connectivity index (χ1) is 12.9. The maximum atomic E-state index is 12.6. The molecule has 0 spiro atoms. The van der Waals surface area contributed by atoms with Crippen LogP contribution in [0.5, 0.6) is 0 Å². The standard InChI is InChI=1S/C17H18F3N5OS/c1-21-16(23-8-15-25-13(9-27-15)17(18,19)20)22-7-10-6-14(26)24-12-5-3-2-4-11(10)12/h2-5,9-10H,6-8H2,1H3,(H,24,26)(H2,21,22,23). The molecule has 10 heteroatoms. The molecule has 0 radical (unpaired) electrons. The van der Waals surface area contributed by atoms with E-state index in [2.05, 4.69) is 25.9 Å². The summed E-state index contributed by atoms with van der Waals surface area (Å²) in [7, 11) is 1.57. The highest BCUT2D eigenvalue weighted by atomic mass is 32.1. The number of rotatable bonds is 4. The molecule has 3 N–H and O–H groups in total. The first kappa shape index (κ1) is 19.2. The van der Waals surface area contributed by atoms with Crippen LogP contribution in [0.3, 0.4) is 0 Å². The summed E-state index contributed by atoms with van der Waals surface area (Å²) in [6.07, 6.45) is -4.09. The Morgan fingerprint density at radius 1 is 1.37 bits per heavy atom. The van der Waals surface area contributed by atoms with Crippen LogP contribution in [0.15, 0.2) is 34.6 Å². The molecular formula is C17H18F3N5OS.